The van der Waals surface area contributed by atoms with Crippen LogP contribution in [0.5, 0.6) is 0 Å². The summed E-state index contributed by atoms with van der Waals surface area (Å²) >= 11 is 1.45. The minimum Gasteiger partial charge on any atom is -0.481 e. The molecule has 34 heavy (non-hydrogen) atoms. The summed E-state index contributed by atoms with van der Waals surface area (Å²) in [5.74, 6) is -6.26. The van der Waals surface area contributed by atoms with Crippen molar-refractivity contribution in [1.29, 1.82) is 0 Å². The third kappa shape index (κ3) is 13.0. The van der Waals surface area contributed by atoms with E-state index >= 15 is 0 Å². The highest BCUT2D eigenvalue weighted by Gasteiger charge is 2.31. The summed E-state index contributed by atoms with van der Waals surface area (Å²) in [7, 11) is 0. The molecule has 194 valence electrons. The molecule has 0 spiro atoms. The van der Waals surface area contributed by atoms with Crippen molar-refractivity contribution in [2.24, 2.45) is 11.7 Å². The maximum absolute atomic E-state index is 12.7. The number of hydrogen-bond donors (Lipinski definition) is 7. The van der Waals surface area contributed by atoms with E-state index in [0.29, 0.717) is 5.75 Å². The highest BCUT2D eigenvalue weighted by atomic mass is 32.2. The van der Waals surface area contributed by atoms with Crippen LogP contribution in [-0.4, -0.2) is 87.1 Å². The lowest BCUT2D eigenvalue weighted by atomic mass is 10.0. The monoisotopic (exact) mass is 506 g/mol. The minimum atomic E-state index is -1.59. The lowest BCUT2D eigenvalue weighted by Crippen LogP contribution is -2.57. The van der Waals surface area contributed by atoms with Crippen molar-refractivity contribution in [1.82, 2.24) is 16.0 Å². The van der Waals surface area contributed by atoms with Crippen molar-refractivity contribution >= 4 is 47.4 Å². The van der Waals surface area contributed by atoms with Crippen molar-refractivity contribution in [2.45, 2.75) is 70.1 Å². The van der Waals surface area contributed by atoms with Crippen LogP contribution < -0.4 is 21.7 Å². The molecule has 0 heterocycles. The summed E-state index contributed by atoms with van der Waals surface area (Å²) < 4.78 is 0. The molecule has 3 amide bonds. The van der Waals surface area contributed by atoms with E-state index in [1.165, 1.54) is 11.8 Å². The van der Waals surface area contributed by atoms with Gasteiger partial charge in [0.2, 0.25) is 17.7 Å². The predicted octanol–water partition coefficient (Wildman–Crippen LogP) is -1.01. The number of carboxylic acids is 3. The first-order valence-corrected chi connectivity index (χ1v) is 12.0. The molecule has 0 aromatic rings. The van der Waals surface area contributed by atoms with Gasteiger partial charge >= 0.3 is 17.9 Å². The highest BCUT2D eigenvalue weighted by molar-refractivity contribution is 7.98. The summed E-state index contributed by atoms with van der Waals surface area (Å²) in [6.45, 7) is 3.49. The van der Waals surface area contributed by atoms with Crippen molar-refractivity contribution < 1.29 is 44.1 Å². The minimum absolute atomic E-state index is 0.0843. The fraction of sp³-hybridized carbons (Fsp3) is 0.700. The molecule has 0 unspecified atom stereocenters. The van der Waals surface area contributed by atoms with Gasteiger partial charge in [0.1, 0.15) is 18.1 Å². The summed E-state index contributed by atoms with van der Waals surface area (Å²) in [5.41, 5.74) is 5.75. The number of aliphatic carboxylic acids is 3. The molecule has 14 heteroatoms. The Balaban J connectivity index is 5.55. The Hall–Kier alpha value is -2.87. The zero-order valence-corrected chi connectivity index (χ0v) is 20.2. The van der Waals surface area contributed by atoms with Gasteiger partial charge in [-0.3, -0.25) is 24.0 Å². The fourth-order valence-electron chi connectivity index (χ4n) is 2.81. The van der Waals surface area contributed by atoms with E-state index in [2.05, 4.69) is 16.0 Å². The van der Waals surface area contributed by atoms with Crippen LogP contribution in [0.1, 0.15) is 46.0 Å². The highest BCUT2D eigenvalue weighted by Crippen LogP contribution is 2.08. The van der Waals surface area contributed by atoms with Gasteiger partial charge < -0.3 is 37.0 Å². The van der Waals surface area contributed by atoms with E-state index in [1.54, 1.807) is 13.8 Å². The Kier molecular flexibility index (Phi) is 14.5. The zero-order chi connectivity index (χ0) is 26.4. The summed E-state index contributed by atoms with van der Waals surface area (Å²) in [5, 5.41) is 34.2. The van der Waals surface area contributed by atoms with Crippen LogP contribution in [0.2, 0.25) is 0 Å². The fourth-order valence-corrected chi connectivity index (χ4v) is 3.30. The molecule has 0 rings (SSSR count). The van der Waals surface area contributed by atoms with Gasteiger partial charge in [-0.25, -0.2) is 4.79 Å². The molecular weight excluding hydrogens is 472 g/mol. The van der Waals surface area contributed by atoms with Gasteiger partial charge in [-0.05, 0) is 37.2 Å². The molecule has 0 aliphatic heterocycles. The molecule has 4 atom stereocenters. The average Bonchev–Trinajstić information content (AvgIpc) is 2.72. The first-order chi connectivity index (χ1) is 15.8. The van der Waals surface area contributed by atoms with Crippen LogP contribution in [0.3, 0.4) is 0 Å². The normalized spacial score (nSPS) is 14.4. The first kappa shape index (κ1) is 31.1. The van der Waals surface area contributed by atoms with Crippen molar-refractivity contribution in [3.8, 4) is 0 Å². The second kappa shape index (κ2) is 15.9. The Morgan fingerprint density at radius 2 is 1.32 bits per heavy atom. The van der Waals surface area contributed by atoms with Gasteiger partial charge in [0, 0.05) is 6.42 Å². The number of rotatable bonds is 17. The molecule has 0 aliphatic rings. The van der Waals surface area contributed by atoms with Crippen molar-refractivity contribution in [3.05, 3.63) is 0 Å². The Morgan fingerprint density at radius 1 is 0.794 bits per heavy atom. The lowest BCUT2D eigenvalue weighted by Gasteiger charge is -2.25. The molecule has 0 aromatic heterocycles. The van der Waals surface area contributed by atoms with E-state index < -0.39 is 72.6 Å². The standard InChI is InChI=1S/C20H34N4O9S/c1-10(2)8-14(20(32)33)24-18(30)12(4-5-15(25)26)22-19(31)13(9-16(27)28)23-17(29)11(21)6-7-34-3/h10-14H,4-9,21H2,1-3H3,(H,22,31)(H,23,29)(H,24,30)(H,25,26)(H,27,28)(H,32,33)/t11-,12-,13-,14-/m0/s1. The molecule has 0 aromatic carbocycles. The van der Waals surface area contributed by atoms with Crippen LogP contribution in [0.15, 0.2) is 0 Å². The maximum Gasteiger partial charge on any atom is 0.326 e. The number of nitrogens with two attached hydrogens (primary N) is 1. The van der Waals surface area contributed by atoms with Gasteiger partial charge in [-0.1, -0.05) is 13.8 Å². The quantitative estimate of drug-likeness (QED) is 0.126. The number of nitrogens with one attached hydrogen (secondary N) is 3. The topological polar surface area (TPSA) is 225 Å². The number of carbonyl (C=O) groups excluding carboxylic acids is 3. The number of amides is 3. The second-order valence-corrected chi connectivity index (χ2v) is 9.06. The molecule has 0 saturated heterocycles. The number of hydrogen-bond acceptors (Lipinski definition) is 8. The van der Waals surface area contributed by atoms with E-state index in [9.17, 15) is 33.9 Å². The number of thioether (sulfide) groups is 1. The third-order valence-electron chi connectivity index (χ3n) is 4.58. The van der Waals surface area contributed by atoms with Crippen molar-refractivity contribution in [3.63, 3.8) is 0 Å². The maximum atomic E-state index is 12.7. The van der Waals surface area contributed by atoms with Crippen LogP contribution in [0.4, 0.5) is 0 Å². The summed E-state index contributed by atoms with van der Waals surface area (Å²) in [4.78, 5) is 71.3. The van der Waals surface area contributed by atoms with Gasteiger partial charge in [-0.15, -0.1) is 0 Å². The summed E-state index contributed by atoms with van der Waals surface area (Å²) in [6.07, 6.45) is 0.448. The molecule has 13 nitrogen and oxygen atoms in total. The molecule has 0 saturated carbocycles. The lowest BCUT2D eigenvalue weighted by molar-refractivity contribution is -0.144. The van der Waals surface area contributed by atoms with Crippen molar-refractivity contribution in [2.75, 3.05) is 12.0 Å². The number of carbonyl (C=O) groups is 6. The van der Waals surface area contributed by atoms with Crippen LogP contribution >= 0.6 is 11.8 Å². The van der Waals surface area contributed by atoms with Gasteiger partial charge in [0.05, 0.1) is 12.5 Å². The van der Waals surface area contributed by atoms with E-state index in [-0.39, 0.29) is 25.2 Å². The zero-order valence-electron chi connectivity index (χ0n) is 19.4. The van der Waals surface area contributed by atoms with Crippen LogP contribution in [-0.2, 0) is 28.8 Å². The van der Waals surface area contributed by atoms with E-state index in [0.717, 1.165) is 0 Å². The first-order valence-electron chi connectivity index (χ1n) is 10.6. The second-order valence-electron chi connectivity index (χ2n) is 8.07. The third-order valence-corrected chi connectivity index (χ3v) is 5.23. The average molecular weight is 507 g/mol. The Bertz CT molecular complexity index is 748. The van der Waals surface area contributed by atoms with Gasteiger partial charge in [-0.2, -0.15) is 11.8 Å². The van der Waals surface area contributed by atoms with Crippen LogP contribution in [0.25, 0.3) is 0 Å². The predicted molar refractivity (Wildman–Crippen MR) is 123 cm³/mol. The SMILES string of the molecule is CSCC[C@H](N)C(=O)N[C@@H](CC(=O)O)C(=O)N[C@@H](CCC(=O)O)C(=O)N[C@@H](CC(C)C)C(=O)O. The largest absolute Gasteiger partial charge is 0.481 e. The number of carboxylic acid groups (broad SMARTS) is 3. The molecule has 0 aliphatic carbocycles. The molecule has 0 bridgehead atoms. The molecule has 0 radical (unpaired) electrons. The molecule has 0 fully saturated rings. The Morgan fingerprint density at radius 3 is 1.79 bits per heavy atom. The Labute approximate surface area is 201 Å². The van der Waals surface area contributed by atoms with Gasteiger partial charge in [0.25, 0.3) is 0 Å². The van der Waals surface area contributed by atoms with Gasteiger partial charge in [0.15, 0.2) is 0 Å². The smallest absolute Gasteiger partial charge is 0.326 e. The van der Waals surface area contributed by atoms with Crippen LogP contribution in [0, 0.1) is 5.92 Å². The van der Waals surface area contributed by atoms with E-state index in [4.69, 9.17) is 15.9 Å². The summed E-state index contributed by atoms with van der Waals surface area (Å²) in [6, 6.07) is -5.33. The van der Waals surface area contributed by atoms with E-state index in [1.807, 2.05) is 6.26 Å². The molecular formula is C20H34N4O9S. The molecule has 8 N–H and O–H groups in total.